The van der Waals surface area contributed by atoms with E-state index < -0.39 is 15.8 Å². The van der Waals surface area contributed by atoms with Crippen LogP contribution in [0.1, 0.15) is 12.5 Å². The Morgan fingerprint density at radius 3 is 2.52 bits per heavy atom. The summed E-state index contributed by atoms with van der Waals surface area (Å²) in [4.78, 5) is 0.0117. The summed E-state index contributed by atoms with van der Waals surface area (Å²) in [6.07, 6.45) is 0.707. The van der Waals surface area contributed by atoms with Crippen LogP contribution < -0.4 is 10.5 Å². The van der Waals surface area contributed by atoms with Crippen LogP contribution in [0.3, 0.4) is 0 Å². The van der Waals surface area contributed by atoms with Crippen LogP contribution in [0.25, 0.3) is 0 Å². The van der Waals surface area contributed by atoms with Crippen molar-refractivity contribution in [1.82, 2.24) is 0 Å². The largest absolute Gasteiger partial charge is 0.398 e. The Hall–Kier alpha value is -1.79. The SMILES string of the molecule is CCc1ccc(S(=O)(=O)Nc2cc(F)cc(Cl)c2)cc1N. The molecule has 3 N–H and O–H groups in total. The number of sulfonamides is 1. The maximum Gasteiger partial charge on any atom is 0.261 e. The number of nitrogens with one attached hydrogen (secondary N) is 1. The molecule has 0 radical (unpaired) electrons. The van der Waals surface area contributed by atoms with Gasteiger partial charge < -0.3 is 5.73 Å². The predicted octanol–water partition coefficient (Wildman–Crippen LogP) is 3.42. The molecule has 0 fully saturated rings. The molecule has 0 spiro atoms. The van der Waals surface area contributed by atoms with Crippen LogP contribution >= 0.6 is 11.6 Å². The summed E-state index contributed by atoms with van der Waals surface area (Å²) in [5.74, 6) is -0.624. The lowest BCUT2D eigenvalue weighted by molar-refractivity contribution is 0.601. The van der Waals surface area contributed by atoms with E-state index in [4.69, 9.17) is 17.3 Å². The average Bonchev–Trinajstić information content (AvgIpc) is 2.36. The van der Waals surface area contributed by atoms with Crippen LogP contribution in [0.4, 0.5) is 15.8 Å². The zero-order valence-electron chi connectivity index (χ0n) is 11.2. The maximum absolute atomic E-state index is 13.2. The highest BCUT2D eigenvalue weighted by molar-refractivity contribution is 7.92. The number of benzene rings is 2. The minimum atomic E-state index is -3.85. The zero-order chi connectivity index (χ0) is 15.6. The molecule has 2 aromatic carbocycles. The molecule has 21 heavy (non-hydrogen) atoms. The fourth-order valence-electron chi connectivity index (χ4n) is 1.89. The van der Waals surface area contributed by atoms with Crippen LogP contribution in [-0.4, -0.2) is 8.42 Å². The van der Waals surface area contributed by atoms with Gasteiger partial charge in [-0.1, -0.05) is 24.6 Å². The number of anilines is 2. The van der Waals surface area contributed by atoms with Gasteiger partial charge in [0.2, 0.25) is 0 Å². The highest BCUT2D eigenvalue weighted by Gasteiger charge is 2.16. The van der Waals surface area contributed by atoms with Crippen molar-refractivity contribution in [1.29, 1.82) is 0 Å². The second-order valence-electron chi connectivity index (χ2n) is 4.48. The lowest BCUT2D eigenvalue weighted by Gasteiger charge is -2.10. The van der Waals surface area contributed by atoms with Gasteiger partial charge in [-0.25, -0.2) is 12.8 Å². The molecule has 0 amide bonds. The Balaban J connectivity index is 2.36. The molecule has 0 aliphatic rings. The summed E-state index contributed by atoms with van der Waals surface area (Å²) < 4.78 is 40.0. The molecule has 2 rings (SSSR count). The first-order chi connectivity index (χ1) is 9.81. The van der Waals surface area contributed by atoms with E-state index in [1.54, 1.807) is 6.07 Å². The van der Waals surface area contributed by atoms with E-state index >= 15 is 0 Å². The molecule has 7 heteroatoms. The van der Waals surface area contributed by atoms with Crippen LogP contribution in [0.2, 0.25) is 5.02 Å². The molecule has 0 saturated heterocycles. The van der Waals surface area contributed by atoms with Gasteiger partial charge in [-0.3, -0.25) is 4.72 Å². The third-order valence-electron chi connectivity index (χ3n) is 2.92. The van der Waals surface area contributed by atoms with Crippen LogP contribution in [0.5, 0.6) is 0 Å². The molecular formula is C14H14ClFN2O2S. The number of nitrogens with two attached hydrogens (primary N) is 1. The lowest BCUT2D eigenvalue weighted by atomic mass is 10.1. The molecule has 4 nitrogen and oxygen atoms in total. The van der Waals surface area contributed by atoms with Crippen molar-refractivity contribution in [3.05, 3.63) is 52.8 Å². The first-order valence-corrected chi connectivity index (χ1v) is 8.05. The third-order valence-corrected chi connectivity index (χ3v) is 4.52. The van der Waals surface area contributed by atoms with E-state index in [-0.39, 0.29) is 15.6 Å². The van der Waals surface area contributed by atoms with Crippen LogP contribution in [0.15, 0.2) is 41.3 Å². The Morgan fingerprint density at radius 2 is 1.95 bits per heavy atom. The van der Waals surface area contributed by atoms with Gasteiger partial charge in [0.05, 0.1) is 10.6 Å². The van der Waals surface area contributed by atoms with E-state index in [2.05, 4.69) is 4.72 Å². The van der Waals surface area contributed by atoms with Crippen molar-refractivity contribution in [2.75, 3.05) is 10.5 Å². The third kappa shape index (κ3) is 3.65. The molecule has 2 aromatic rings. The molecule has 0 aliphatic carbocycles. The second kappa shape index (κ2) is 5.91. The highest BCUT2D eigenvalue weighted by atomic mass is 35.5. The Bertz CT molecular complexity index is 758. The molecule has 112 valence electrons. The fourth-order valence-corrected chi connectivity index (χ4v) is 3.19. The van der Waals surface area contributed by atoms with Gasteiger partial charge in [-0.05, 0) is 42.3 Å². The number of rotatable bonds is 4. The monoisotopic (exact) mass is 328 g/mol. The zero-order valence-corrected chi connectivity index (χ0v) is 12.8. The number of aryl methyl sites for hydroxylation is 1. The fraction of sp³-hybridized carbons (Fsp3) is 0.143. The minimum Gasteiger partial charge on any atom is -0.398 e. The van der Waals surface area contributed by atoms with Crippen molar-refractivity contribution in [2.24, 2.45) is 0 Å². The molecule has 0 atom stereocenters. The van der Waals surface area contributed by atoms with Crippen molar-refractivity contribution in [3.63, 3.8) is 0 Å². The quantitative estimate of drug-likeness (QED) is 0.845. The number of nitrogen functional groups attached to an aromatic ring is 1. The number of hydrogen-bond acceptors (Lipinski definition) is 3. The van der Waals surface area contributed by atoms with Gasteiger partial charge in [-0.2, -0.15) is 0 Å². The van der Waals surface area contributed by atoms with Gasteiger partial charge in [0.15, 0.2) is 0 Å². The maximum atomic E-state index is 13.2. The molecule has 0 saturated carbocycles. The summed E-state index contributed by atoms with van der Waals surface area (Å²) in [7, 11) is -3.85. The van der Waals surface area contributed by atoms with Gasteiger partial charge >= 0.3 is 0 Å². The minimum absolute atomic E-state index is 0.0117. The van der Waals surface area contributed by atoms with E-state index in [9.17, 15) is 12.8 Å². The highest BCUT2D eigenvalue weighted by Crippen LogP contribution is 2.23. The van der Waals surface area contributed by atoms with Crippen LogP contribution in [-0.2, 0) is 16.4 Å². The normalized spacial score (nSPS) is 11.4. The van der Waals surface area contributed by atoms with Gasteiger partial charge in [0.1, 0.15) is 5.82 Å². The van der Waals surface area contributed by atoms with E-state index in [0.29, 0.717) is 12.1 Å². The average molecular weight is 329 g/mol. The number of halogens is 2. The van der Waals surface area contributed by atoms with E-state index in [0.717, 1.165) is 17.7 Å². The first-order valence-electron chi connectivity index (χ1n) is 6.19. The Labute approximate surface area is 127 Å². The first kappa shape index (κ1) is 15.6. The summed E-state index contributed by atoms with van der Waals surface area (Å²) in [6.45, 7) is 1.92. The molecule has 0 bridgehead atoms. The summed E-state index contributed by atoms with van der Waals surface area (Å²) >= 11 is 5.69. The van der Waals surface area contributed by atoms with Crippen molar-refractivity contribution >= 4 is 33.0 Å². The predicted molar refractivity (Wildman–Crippen MR) is 82.5 cm³/mol. The molecule has 0 heterocycles. The van der Waals surface area contributed by atoms with Crippen molar-refractivity contribution < 1.29 is 12.8 Å². The van der Waals surface area contributed by atoms with E-state index in [1.807, 2.05) is 6.92 Å². The molecular weight excluding hydrogens is 315 g/mol. The lowest BCUT2D eigenvalue weighted by Crippen LogP contribution is -2.13. The summed E-state index contributed by atoms with van der Waals surface area (Å²) in [5, 5.41) is 0.105. The molecule has 0 aliphatic heterocycles. The smallest absolute Gasteiger partial charge is 0.261 e. The molecule has 0 aromatic heterocycles. The van der Waals surface area contributed by atoms with E-state index in [1.165, 1.54) is 18.2 Å². The van der Waals surface area contributed by atoms with Gasteiger partial charge in [-0.15, -0.1) is 0 Å². The van der Waals surface area contributed by atoms with Crippen molar-refractivity contribution in [3.8, 4) is 0 Å². The van der Waals surface area contributed by atoms with Crippen molar-refractivity contribution in [2.45, 2.75) is 18.2 Å². The second-order valence-corrected chi connectivity index (χ2v) is 6.60. The number of hydrogen-bond donors (Lipinski definition) is 2. The standard InChI is InChI=1S/C14H14ClFN2O2S/c1-2-9-3-4-13(8-14(9)17)21(19,20)18-12-6-10(15)5-11(16)7-12/h3-8,18H,2,17H2,1H3. The molecule has 0 unspecified atom stereocenters. The summed E-state index contributed by atoms with van der Waals surface area (Å²) in [6, 6.07) is 7.95. The Morgan fingerprint density at radius 1 is 1.24 bits per heavy atom. The topological polar surface area (TPSA) is 72.2 Å². The Kier molecular flexibility index (Phi) is 4.39. The van der Waals surface area contributed by atoms with Crippen LogP contribution in [0, 0.1) is 5.82 Å². The summed E-state index contributed by atoms with van der Waals surface area (Å²) in [5.41, 5.74) is 7.11. The van der Waals surface area contributed by atoms with Gasteiger partial charge in [0.25, 0.3) is 10.0 Å². The van der Waals surface area contributed by atoms with Gasteiger partial charge in [0, 0.05) is 10.7 Å².